The summed E-state index contributed by atoms with van der Waals surface area (Å²) in [5, 5.41) is 12.2. The average Bonchev–Trinajstić information content (AvgIpc) is 2.90. The Morgan fingerprint density at radius 3 is 3.10 bits per heavy atom. The van der Waals surface area contributed by atoms with Crippen LogP contribution in [0.3, 0.4) is 0 Å². The normalized spacial score (nSPS) is 11.8. The number of fused-ring (bicyclic) bond motifs is 3. The zero-order valence-corrected chi connectivity index (χ0v) is 11.0. The second-order valence-electron chi connectivity index (χ2n) is 4.51. The highest BCUT2D eigenvalue weighted by molar-refractivity contribution is 5.93. The molecule has 5 heteroatoms. The number of hydrogen-bond donors (Lipinski definition) is 1. The molecule has 1 aromatic heterocycles. The summed E-state index contributed by atoms with van der Waals surface area (Å²) >= 11 is 0. The van der Waals surface area contributed by atoms with Crippen molar-refractivity contribution < 1.29 is 9.53 Å². The third-order valence-electron chi connectivity index (χ3n) is 3.27. The SMILES string of the molecule is CCOC(=O)c1ccc2c(c1)-c1cc(C#N)cn1CN2. The number of nitriles is 1. The maximum absolute atomic E-state index is 11.8. The van der Waals surface area contributed by atoms with Crippen molar-refractivity contribution in [2.75, 3.05) is 11.9 Å². The molecule has 1 aromatic carbocycles. The van der Waals surface area contributed by atoms with E-state index in [0.717, 1.165) is 16.9 Å². The number of carbonyl (C=O) groups excluding carboxylic acids is 1. The maximum atomic E-state index is 11.8. The third kappa shape index (κ3) is 1.91. The summed E-state index contributed by atoms with van der Waals surface area (Å²) in [5.74, 6) is -0.334. The molecule has 1 N–H and O–H groups in total. The third-order valence-corrected chi connectivity index (χ3v) is 3.27. The first-order valence-corrected chi connectivity index (χ1v) is 6.38. The number of benzene rings is 1. The van der Waals surface area contributed by atoms with Crippen LogP contribution in [-0.2, 0) is 11.4 Å². The molecule has 2 heterocycles. The van der Waals surface area contributed by atoms with Crippen LogP contribution in [0.25, 0.3) is 11.3 Å². The topological polar surface area (TPSA) is 67.0 Å². The molecule has 0 saturated carbocycles. The van der Waals surface area contributed by atoms with Gasteiger partial charge in [0.25, 0.3) is 0 Å². The van der Waals surface area contributed by atoms with Gasteiger partial charge in [-0.05, 0) is 31.2 Å². The van der Waals surface area contributed by atoms with Crippen LogP contribution in [0.4, 0.5) is 5.69 Å². The van der Waals surface area contributed by atoms with Crippen LogP contribution in [0.1, 0.15) is 22.8 Å². The van der Waals surface area contributed by atoms with Crippen LogP contribution >= 0.6 is 0 Å². The van der Waals surface area contributed by atoms with Crippen LogP contribution in [0.15, 0.2) is 30.5 Å². The lowest BCUT2D eigenvalue weighted by molar-refractivity contribution is 0.0526. The predicted octanol–water partition coefficient (Wildman–Crippen LogP) is 2.59. The molecule has 0 atom stereocenters. The first-order valence-electron chi connectivity index (χ1n) is 6.38. The number of carbonyl (C=O) groups is 1. The number of aromatic nitrogens is 1. The van der Waals surface area contributed by atoms with Gasteiger partial charge in [0.2, 0.25) is 0 Å². The quantitative estimate of drug-likeness (QED) is 0.849. The van der Waals surface area contributed by atoms with E-state index >= 15 is 0 Å². The minimum Gasteiger partial charge on any atom is -0.462 e. The van der Waals surface area contributed by atoms with E-state index in [9.17, 15) is 4.79 Å². The number of anilines is 1. The Morgan fingerprint density at radius 1 is 1.50 bits per heavy atom. The monoisotopic (exact) mass is 267 g/mol. The van der Waals surface area contributed by atoms with Gasteiger partial charge in [0.05, 0.1) is 30.1 Å². The van der Waals surface area contributed by atoms with E-state index in [0.29, 0.717) is 24.4 Å². The smallest absolute Gasteiger partial charge is 0.338 e. The fraction of sp³-hybridized carbons (Fsp3) is 0.200. The van der Waals surface area contributed by atoms with Crippen LogP contribution in [0.2, 0.25) is 0 Å². The molecule has 0 amide bonds. The summed E-state index contributed by atoms with van der Waals surface area (Å²) in [6.07, 6.45) is 1.79. The molecule has 1 aliphatic heterocycles. The number of hydrogen-bond acceptors (Lipinski definition) is 4. The zero-order chi connectivity index (χ0) is 14.1. The minimum atomic E-state index is -0.334. The fourth-order valence-electron chi connectivity index (χ4n) is 2.35. The Kier molecular flexibility index (Phi) is 2.92. The highest BCUT2D eigenvalue weighted by Crippen LogP contribution is 2.34. The summed E-state index contributed by atoms with van der Waals surface area (Å²) in [6.45, 7) is 2.74. The van der Waals surface area contributed by atoms with Crippen molar-refractivity contribution in [1.29, 1.82) is 5.26 Å². The number of nitrogens with one attached hydrogen (secondary N) is 1. The predicted molar refractivity (Wildman–Crippen MR) is 74.2 cm³/mol. The molecule has 0 unspecified atom stereocenters. The Hall–Kier alpha value is -2.74. The van der Waals surface area contributed by atoms with Gasteiger partial charge >= 0.3 is 5.97 Å². The van der Waals surface area contributed by atoms with Crippen LogP contribution in [0, 0.1) is 11.3 Å². The summed E-state index contributed by atoms with van der Waals surface area (Å²) < 4.78 is 6.97. The van der Waals surface area contributed by atoms with Crippen molar-refractivity contribution >= 4 is 11.7 Å². The Labute approximate surface area is 116 Å². The van der Waals surface area contributed by atoms with E-state index in [1.807, 2.05) is 16.7 Å². The molecule has 0 saturated heterocycles. The van der Waals surface area contributed by atoms with Gasteiger partial charge in [0, 0.05) is 17.4 Å². The van der Waals surface area contributed by atoms with E-state index in [1.165, 1.54) is 0 Å². The van der Waals surface area contributed by atoms with Gasteiger partial charge in [-0.1, -0.05) is 0 Å². The van der Waals surface area contributed by atoms with E-state index in [2.05, 4.69) is 11.4 Å². The molecule has 3 rings (SSSR count). The van der Waals surface area contributed by atoms with Crippen molar-refractivity contribution in [1.82, 2.24) is 4.57 Å². The number of ether oxygens (including phenoxy) is 1. The highest BCUT2D eigenvalue weighted by Gasteiger charge is 2.19. The molecule has 1 aliphatic rings. The fourth-order valence-corrected chi connectivity index (χ4v) is 2.35. The van der Waals surface area contributed by atoms with Crippen molar-refractivity contribution in [2.24, 2.45) is 0 Å². The van der Waals surface area contributed by atoms with Gasteiger partial charge < -0.3 is 14.6 Å². The molecule has 0 aliphatic carbocycles. The molecule has 0 fully saturated rings. The second kappa shape index (κ2) is 4.74. The number of rotatable bonds is 2. The molecule has 20 heavy (non-hydrogen) atoms. The van der Waals surface area contributed by atoms with Crippen molar-refractivity contribution in [2.45, 2.75) is 13.6 Å². The maximum Gasteiger partial charge on any atom is 0.338 e. The Morgan fingerprint density at radius 2 is 2.35 bits per heavy atom. The number of esters is 1. The Balaban J connectivity index is 2.08. The summed E-state index contributed by atoms with van der Waals surface area (Å²) in [5.41, 5.74) is 3.91. The lowest BCUT2D eigenvalue weighted by Crippen LogP contribution is -2.15. The lowest BCUT2D eigenvalue weighted by Gasteiger charge is -2.21. The molecule has 100 valence electrons. The van der Waals surface area contributed by atoms with Crippen LogP contribution in [0.5, 0.6) is 0 Å². The first-order chi connectivity index (χ1) is 9.72. The summed E-state index contributed by atoms with van der Waals surface area (Å²) in [4.78, 5) is 11.8. The first kappa shape index (κ1) is 12.3. The van der Waals surface area contributed by atoms with Gasteiger partial charge in [-0.25, -0.2) is 4.79 Å². The minimum absolute atomic E-state index is 0.334. The zero-order valence-electron chi connectivity index (χ0n) is 11.0. The van der Waals surface area contributed by atoms with E-state index < -0.39 is 0 Å². The van der Waals surface area contributed by atoms with Gasteiger partial charge in [-0.15, -0.1) is 0 Å². The van der Waals surface area contributed by atoms with E-state index in [1.54, 1.807) is 25.3 Å². The molecule has 0 spiro atoms. The second-order valence-corrected chi connectivity index (χ2v) is 4.51. The molecule has 0 bridgehead atoms. The van der Waals surface area contributed by atoms with E-state index in [-0.39, 0.29) is 5.97 Å². The molecule has 0 radical (unpaired) electrons. The molecule has 2 aromatic rings. The van der Waals surface area contributed by atoms with Gasteiger partial charge in [-0.3, -0.25) is 0 Å². The van der Waals surface area contributed by atoms with Gasteiger partial charge in [0.15, 0.2) is 0 Å². The highest BCUT2D eigenvalue weighted by atomic mass is 16.5. The molecule has 5 nitrogen and oxygen atoms in total. The average molecular weight is 267 g/mol. The Bertz CT molecular complexity index is 725. The summed E-state index contributed by atoms with van der Waals surface area (Å²) in [7, 11) is 0. The molecular formula is C15H13N3O2. The largest absolute Gasteiger partial charge is 0.462 e. The van der Waals surface area contributed by atoms with Crippen LogP contribution in [-0.4, -0.2) is 17.1 Å². The van der Waals surface area contributed by atoms with Crippen molar-refractivity contribution in [3.05, 3.63) is 41.6 Å². The van der Waals surface area contributed by atoms with Crippen molar-refractivity contribution in [3.8, 4) is 17.3 Å². The lowest BCUT2D eigenvalue weighted by atomic mass is 10.0. The van der Waals surface area contributed by atoms with Gasteiger partial charge in [0.1, 0.15) is 6.07 Å². The van der Waals surface area contributed by atoms with E-state index in [4.69, 9.17) is 10.00 Å². The summed E-state index contributed by atoms with van der Waals surface area (Å²) in [6, 6.07) is 9.37. The van der Waals surface area contributed by atoms with Crippen molar-refractivity contribution in [3.63, 3.8) is 0 Å². The van der Waals surface area contributed by atoms with Gasteiger partial charge in [-0.2, -0.15) is 5.26 Å². The molecular weight excluding hydrogens is 254 g/mol. The van der Waals surface area contributed by atoms with Crippen LogP contribution < -0.4 is 5.32 Å². The number of nitrogens with zero attached hydrogens (tertiary/aromatic N) is 2. The standard InChI is InChI=1S/C15H13N3O2/c1-2-20-15(19)11-3-4-13-12(6-11)14-5-10(7-16)8-18(14)9-17-13/h3-6,8,17H,2,9H2,1H3.